The summed E-state index contributed by atoms with van der Waals surface area (Å²) >= 11 is 1.45. The summed E-state index contributed by atoms with van der Waals surface area (Å²) in [5, 5.41) is 11.3. The number of hydrogen-bond acceptors (Lipinski definition) is 3. The van der Waals surface area contributed by atoms with Gasteiger partial charge in [-0.15, -0.1) is 11.3 Å². The van der Waals surface area contributed by atoms with E-state index in [4.69, 9.17) is 0 Å². The zero-order valence-electron chi connectivity index (χ0n) is 12.3. The number of nitrogens with zero attached hydrogens (tertiary/aromatic N) is 1. The molecule has 114 valence electrons. The fraction of sp³-hybridized carbons (Fsp3) is 0.294. The van der Waals surface area contributed by atoms with Crippen LogP contribution in [0.5, 0.6) is 0 Å². The molecular formula is C17H17NO3S. The number of para-hydroxylation sites is 1. The van der Waals surface area contributed by atoms with Crippen LogP contribution >= 0.6 is 11.3 Å². The van der Waals surface area contributed by atoms with Crippen molar-refractivity contribution in [3.63, 3.8) is 0 Å². The molecule has 0 radical (unpaired) electrons. The molecule has 0 spiro atoms. The molecule has 1 aromatic carbocycles. The second-order valence-electron chi connectivity index (χ2n) is 5.32. The van der Waals surface area contributed by atoms with Crippen molar-refractivity contribution in [3.8, 4) is 0 Å². The van der Waals surface area contributed by atoms with Crippen molar-refractivity contribution in [2.75, 3.05) is 11.4 Å². The zero-order valence-corrected chi connectivity index (χ0v) is 13.1. The first-order chi connectivity index (χ1) is 10.6. The van der Waals surface area contributed by atoms with Gasteiger partial charge in [0, 0.05) is 12.2 Å². The van der Waals surface area contributed by atoms with E-state index in [2.05, 4.69) is 0 Å². The Labute approximate surface area is 133 Å². The predicted molar refractivity (Wildman–Crippen MR) is 86.8 cm³/mol. The molecule has 1 atom stereocenters. The normalized spacial score (nSPS) is 17.1. The highest BCUT2D eigenvalue weighted by Gasteiger charge is 2.33. The standard InChI is InChI=1S/C17H17NO3S/c1-2-11-8-10-22-15(11)16(19)18-9-7-13(17(20)21)12-5-3-4-6-14(12)18/h3-6,8,10,13H,2,7,9H2,1H3,(H,20,21). The first kappa shape index (κ1) is 14.8. The zero-order chi connectivity index (χ0) is 15.7. The fourth-order valence-electron chi connectivity index (χ4n) is 2.95. The number of carboxylic acids is 1. The molecule has 22 heavy (non-hydrogen) atoms. The maximum absolute atomic E-state index is 12.9. The summed E-state index contributed by atoms with van der Waals surface area (Å²) in [5.74, 6) is -1.39. The second kappa shape index (κ2) is 5.93. The van der Waals surface area contributed by atoms with Gasteiger partial charge in [0.15, 0.2) is 0 Å². The molecule has 0 fully saturated rings. The Kier molecular flexibility index (Phi) is 3.98. The number of thiophene rings is 1. The maximum atomic E-state index is 12.9. The van der Waals surface area contributed by atoms with E-state index in [1.54, 1.807) is 4.90 Å². The number of carbonyl (C=O) groups excluding carboxylic acids is 1. The number of aliphatic carboxylic acids is 1. The van der Waals surface area contributed by atoms with Gasteiger partial charge in [0.25, 0.3) is 5.91 Å². The number of aryl methyl sites for hydroxylation is 1. The van der Waals surface area contributed by atoms with Gasteiger partial charge >= 0.3 is 5.97 Å². The highest BCUT2D eigenvalue weighted by Crippen LogP contribution is 2.36. The lowest BCUT2D eigenvalue weighted by Crippen LogP contribution is -2.38. The van der Waals surface area contributed by atoms with E-state index in [1.807, 2.05) is 42.6 Å². The van der Waals surface area contributed by atoms with Gasteiger partial charge in [-0.05, 0) is 41.5 Å². The summed E-state index contributed by atoms with van der Waals surface area (Å²) in [6.45, 7) is 2.47. The van der Waals surface area contributed by atoms with Crippen LogP contribution in [0.2, 0.25) is 0 Å². The molecule has 0 aliphatic carbocycles. The summed E-state index contributed by atoms with van der Waals surface area (Å²) in [6, 6.07) is 9.29. The lowest BCUT2D eigenvalue weighted by Gasteiger charge is -2.32. The third-order valence-corrected chi connectivity index (χ3v) is 5.05. The Bertz CT molecular complexity index is 722. The van der Waals surface area contributed by atoms with E-state index in [9.17, 15) is 14.7 Å². The third-order valence-electron chi connectivity index (χ3n) is 4.11. The van der Waals surface area contributed by atoms with Crippen molar-refractivity contribution in [2.24, 2.45) is 0 Å². The van der Waals surface area contributed by atoms with E-state index in [-0.39, 0.29) is 5.91 Å². The molecule has 3 rings (SSSR count). The van der Waals surface area contributed by atoms with Crippen molar-refractivity contribution in [2.45, 2.75) is 25.7 Å². The Morgan fingerprint density at radius 3 is 2.82 bits per heavy atom. The summed E-state index contributed by atoms with van der Waals surface area (Å²) in [7, 11) is 0. The van der Waals surface area contributed by atoms with Gasteiger partial charge in [0.2, 0.25) is 0 Å². The minimum atomic E-state index is -0.829. The lowest BCUT2D eigenvalue weighted by atomic mass is 9.90. The summed E-state index contributed by atoms with van der Waals surface area (Å²) in [6.07, 6.45) is 1.27. The predicted octanol–water partition coefficient (Wildman–Crippen LogP) is 3.53. The van der Waals surface area contributed by atoms with Gasteiger partial charge in [0.1, 0.15) is 0 Å². The van der Waals surface area contributed by atoms with Crippen molar-refractivity contribution >= 4 is 28.9 Å². The highest BCUT2D eigenvalue weighted by molar-refractivity contribution is 7.12. The second-order valence-corrected chi connectivity index (χ2v) is 6.24. The number of fused-ring (bicyclic) bond motifs is 1. The third kappa shape index (κ3) is 2.41. The molecule has 0 saturated carbocycles. The van der Waals surface area contributed by atoms with Crippen molar-refractivity contribution in [1.82, 2.24) is 0 Å². The van der Waals surface area contributed by atoms with Crippen LogP contribution in [0.3, 0.4) is 0 Å². The smallest absolute Gasteiger partial charge is 0.311 e. The maximum Gasteiger partial charge on any atom is 0.311 e. The minimum absolute atomic E-state index is 0.0249. The number of rotatable bonds is 3. The van der Waals surface area contributed by atoms with Crippen LogP contribution < -0.4 is 4.90 Å². The van der Waals surface area contributed by atoms with Gasteiger partial charge in [0.05, 0.1) is 10.8 Å². The average molecular weight is 315 g/mol. The molecule has 2 aromatic rings. The summed E-state index contributed by atoms with van der Waals surface area (Å²) < 4.78 is 0. The topological polar surface area (TPSA) is 57.6 Å². The molecule has 1 unspecified atom stereocenters. The molecule has 1 aliphatic heterocycles. The molecule has 1 aromatic heterocycles. The molecule has 0 saturated heterocycles. The Hall–Kier alpha value is -2.14. The van der Waals surface area contributed by atoms with Gasteiger partial charge in [-0.1, -0.05) is 25.1 Å². The number of carboxylic acid groups (broad SMARTS) is 1. The molecule has 1 aliphatic rings. The SMILES string of the molecule is CCc1ccsc1C(=O)N1CCC(C(=O)O)c2ccccc21. The van der Waals surface area contributed by atoms with Crippen LogP contribution in [-0.4, -0.2) is 23.5 Å². The van der Waals surface area contributed by atoms with Crippen LogP contribution in [-0.2, 0) is 11.2 Å². The molecule has 1 N–H and O–H groups in total. The monoisotopic (exact) mass is 315 g/mol. The first-order valence-corrected chi connectivity index (χ1v) is 8.21. The van der Waals surface area contributed by atoms with Crippen LogP contribution in [0.15, 0.2) is 35.7 Å². The van der Waals surface area contributed by atoms with E-state index < -0.39 is 11.9 Å². The lowest BCUT2D eigenvalue weighted by molar-refractivity contribution is -0.139. The van der Waals surface area contributed by atoms with E-state index >= 15 is 0 Å². The Morgan fingerprint density at radius 2 is 2.09 bits per heavy atom. The molecule has 1 amide bonds. The number of carbonyl (C=O) groups is 2. The van der Waals surface area contributed by atoms with Crippen LogP contribution in [0.4, 0.5) is 5.69 Å². The number of benzene rings is 1. The minimum Gasteiger partial charge on any atom is -0.481 e. The number of amides is 1. The van der Waals surface area contributed by atoms with Crippen LogP contribution in [0, 0.1) is 0 Å². The Balaban J connectivity index is 2.01. The fourth-order valence-corrected chi connectivity index (χ4v) is 3.90. The molecule has 0 bridgehead atoms. The van der Waals surface area contributed by atoms with E-state index in [1.165, 1.54) is 11.3 Å². The molecular weight excluding hydrogens is 298 g/mol. The van der Waals surface area contributed by atoms with Gasteiger partial charge in [-0.25, -0.2) is 0 Å². The number of anilines is 1. The molecule has 4 nitrogen and oxygen atoms in total. The van der Waals surface area contributed by atoms with Gasteiger partial charge in [-0.3, -0.25) is 9.59 Å². The highest BCUT2D eigenvalue weighted by atomic mass is 32.1. The molecule has 5 heteroatoms. The summed E-state index contributed by atoms with van der Waals surface area (Å²) in [4.78, 5) is 26.8. The Morgan fingerprint density at radius 1 is 1.32 bits per heavy atom. The van der Waals surface area contributed by atoms with Gasteiger partial charge < -0.3 is 10.0 Å². The summed E-state index contributed by atoms with van der Waals surface area (Å²) in [5.41, 5.74) is 2.50. The van der Waals surface area contributed by atoms with Crippen molar-refractivity contribution < 1.29 is 14.7 Å². The van der Waals surface area contributed by atoms with Crippen molar-refractivity contribution in [3.05, 3.63) is 51.7 Å². The van der Waals surface area contributed by atoms with Crippen LogP contribution in [0.25, 0.3) is 0 Å². The number of hydrogen-bond donors (Lipinski definition) is 1. The first-order valence-electron chi connectivity index (χ1n) is 7.33. The largest absolute Gasteiger partial charge is 0.481 e. The van der Waals surface area contributed by atoms with Crippen molar-refractivity contribution in [1.29, 1.82) is 0 Å². The van der Waals surface area contributed by atoms with Gasteiger partial charge in [-0.2, -0.15) is 0 Å². The van der Waals surface area contributed by atoms with Crippen LogP contribution in [0.1, 0.15) is 40.1 Å². The average Bonchev–Trinajstić information content (AvgIpc) is 3.01. The molecule has 2 heterocycles. The quantitative estimate of drug-likeness (QED) is 0.942. The van der Waals surface area contributed by atoms with E-state index in [0.29, 0.717) is 13.0 Å². The van der Waals surface area contributed by atoms with E-state index in [0.717, 1.165) is 28.1 Å².